The molecule has 1 amide bonds. The van der Waals surface area contributed by atoms with Crippen molar-refractivity contribution in [3.05, 3.63) is 132 Å². The Morgan fingerprint density at radius 2 is 1.30 bits per heavy atom. The second kappa shape index (κ2) is 8.94. The van der Waals surface area contributed by atoms with Gasteiger partial charge in [-0.1, -0.05) is 106 Å². The number of aliphatic hydroxyl groups is 1. The maximum Gasteiger partial charge on any atom is 0.261 e. The summed E-state index contributed by atoms with van der Waals surface area (Å²) in [5.74, 6) is -0.205. The molecule has 1 aliphatic rings. The van der Waals surface area contributed by atoms with Gasteiger partial charge in [-0.25, -0.2) is 0 Å². The van der Waals surface area contributed by atoms with Gasteiger partial charge in [-0.2, -0.15) is 0 Å². The SMILES string of the molecule is CC(C)(C)c1ccc2c3ccccc3n(-c3cccc4c3C(O)N(c3ccccc3-c3ccccc3)C4=O)c2c1. The highest BCUT2D eigenvalue weighted by molar-refractivity contribution is 6.14. The van der Waals surface area contributed by atoms with Gasteiger partial charge >= 0.3 is 0 Å². The Balaban J connectivity index is 1.46. The molecule has 0 fully saturated rings. The molecule has 4 nitrogen and oxygen atoms in total. The van der Waals surface area contributed by atoms with Gasteiger partial charge in [0.1, 0.15) is 0 Å². The maximum absolute atomic E-state index is 14.0. The van der Waals surface area contributed by atoms with Gasteiger partial charge in [0.15, 0.2) is 6.23 Å². The standard InChI is InChI=1S/C36H30N2O2/c1-36(2,3)24-20-21-27-26-15-8-10-18-30(26)37(32(27)22-24)31-19-11-16-28-33(31)35(40)38(34(28)39)29-17-9-7-14-25(29)23-12-5-4-6-13-23/h4-22,35,40H,1-3H3. The van der Waals surface area contributed by atoms with E-state index in [0.29, 0.717) is 16.8 Å². The number of hydrogen-bond donors (Lipinski definition) is 1. The number of aliphatic hydroxyl groups excluding tert-OH is 1. The lowest BCUT2D eigenvalue weighted by Crippen LogP contribution is -2.28. The summed E-state index contributed by atoms with van der Waals surface area (Å²) in [7, 11) is 0. The minimum Gasteiger partial charge on any atom is -0.369 e. The predicted molar refractivity (Wildman–Crippen MR) is 163 cm³/mol. The zero-order valence-electron chi connectivity index (χ0n) is 22.8. The Morgan fingerprint density at radius 3 is 2.10 bits per heavy atom. The van der Waals surface area contributed by atoms with E-state index in [2.05, 4.69) is 61.7 Å². The van der Waals surface area contributed by atoms with Crippen LogP contribution >= 0.6 is 0 Å². The topological polar surface area (TPSA) is 45.5 Å². The number of anilines is 1. The fourth-order valence-electron chi connectivity index (χ4n) is 6.06. The van der Waals surface area contributed by atoms with Crippen molar-refractivity contribution in [3.63, 3.8) is 0 Å². The number of nitrogens with zero attached hydrogens (tertiary/aromatic N) is 2. The lowest BCUT2D eigenvalue weighted by molar-refractivity contribution is 0.0935. The van der Waals surface area contributed by atoms with E-state index >= 15 is 0 Å². The van der Waals surface area contributed by atoms with Gasteiger partial charge in [0, 0.05) is 27.5 Å². The summed E-state index contributed by atoms with van der Waals surface area (Å²) in [5.41, 5.74) is 7.84. The number of carbonyl (C=O) groups is 1. The zero-order valence-corrected chi connectivity index (χ0v) is 22.8. The van der Waals surface area contributed by atoms with Gasteiger partial charge in [0.2, 0.25) is 0 Å². The van der Waals surface area contributed by atoms with E-state index < -0.39 is 6.23 Å². The highest BCUT2D eigenvalue weighted by Crippen LogP contribution is 2.44. The Kier molecular flexibility index (Phi) is 5.45. The molecule has 0 bridgehead atoms. The molecule has 196 valence electrons. The van der Waals surface area contributed by atoms with Crippen molar-refractivity contribution in [1.82, 2.24) is 4.57 Å². The van der Waals surface area contributed by atoms with E-state index in [9.17, 15) is 9.90 Å². The molecule has 1 aromatic heterocycles. The molecule has 0 radical (unpaired) electrons. The van der Waals surface area contributed by atoms with Crippen LogP contribution in [-0.4, -0.2) is 15.6 Å². The lowest BCUT2D eigenvalue weighted by Gasteiger charge is -2.25. The molecule has 1 N–H and O–H groups in total. The van der Waals surface area contributed by atoms with Gasteiger partial charge in [-0.15, -0.1) is 0 Å². The molecule has 2 heterocycles. The van der Waals surface area contributed by atoms with Crippen LogP contribution in [0.2, 0.25) is 0 Å². The molecule has 0 saturated carbocycles. The maximum atomic E-state index is 14.0. The van der Waals surface area contributed by atoms with E-state index in [4.69, 9.17) is 0 Å². The minimum absolute atomic E-state index is 0.0263. The molecule has 0 saturated heterocycles. The zero-order chi connectivity index (χ0) is 27.6. The average Bonchev–Trinajstić information content (AvgIpc) is 3.43. The van der Waals surface area contributed by atoms with Crippen molar-refractivity contribution in [3.8, 4) is 16.8 Å². The van der Waals surface area contributed by atoms with E-state index in [-0.39, 0.29) is 11.3 Å². The van der Waals surface area contributed by atoms with Crippen LogP contribution in [0, 0.1) is 0 Å². The van der Waals surface area contributed by atoms with Crippen LogP contribution < -0.4 is 4.90 Å². The first-order valence-electron chi connectivity index (χ1n) is 13.7. The number of aromatic nitrogens is 1. The van der Waals surface area contributed by atoms with Crippen LogP contribution in [-0.2, 0) is 5.41 Å². The van der Waals surface area contributed by atoms with Crippen LogP contribution in [0.3, 0.4) is 0 Å². The van der Waals surface area contributed by atoms with Crippen molar-refractivity contribution in [2.75, 3.05) is 4.90 Å². The van der Waals surface area contributed by atoms with Crippen LogP contribution in [0.4, 0.5) is 5.69 Å². The third kappa shape index (κ3) is 3.60. The molecule has 1 unspecified atom stereocenters. The molecule has 0 spiro atoms. The number of benzene rings is 5. The number of para-hydroxylation sites is 2. The summed E-state index contributed by atoms with van der Waals surface area (Å²) in [6.45, 7) is 6.64. The molecule has 5 aromatic carbocycles. The van der Waals surface area contributed by atoms with Crippen molar-refractivity contribution < 1.29 is 9.90 Å². The van der Waals surface area contributed by atoms with Crippen molar-refractivity contribution in [2.45, 2.75) is 32.4 Å². The molecule has 0 aliphatic carbocycles. The highest BCUT2D eigenvalue weighted by atomic mass is 16.3. The van der Waals surface area contributed by atoms with Crippen LogP contribution in [0.5, 0.6) is 0 Å². The predicted octanol–water partition coefficient (Wildman–Crippen LogP) is 8.40. The fourth-order valence-corrected chi connectivity index (χ4v) is 6.06. The summed E-state index contributed by atoms with van der Waals surface area (Å²) in [6, 6.07) is 38.5. The molecule has 1 aliphatic heterocycles. The molecule has 4 heteroatoms. The Bertz CT molecular complexity index is 1930. The van der Waals surface area contributed by atoms with E-state index in [1.165, 1.54) is 10.5 Å². The summed E-state index contributed by atoms with van der Waals surface area (Å²) >= 11 is 0. The fraction of sp³-hybridized carbons (Fsp3) is 0.139. The average molecular weight is 523 g/mol. The Morgan fingerprint density at radius 1 is 0.650 bits per heavy atom. The monoisotopic (exact) mass is 522 g/mol. The normalized spacial score (nSPS) is 15.2. The number of rotatable bonds is 3. The first-order chi connectivity index (χ1) is 19.3. The molecule has 1 atom stereocenters. The van der Waals surface area contributed by atoms with Gasteiger partial charge in [-0.05, 0) is 46.9 Å². The van der Waals surface area contributed by atoms with Gasteiger partial charge in [0.05, 0.1) is 22.4 Å². The Labute approximate surface area is 233 Å². The smallest absolute Gasteiger partial charge is 0.261 e. The summed E-state index contributed by atoms with van der Waals surface area (Å²) in [5, 5.41) is 14.2. The third-order valence-electron chi connectivity index (χ3n) is 8.06. The summed E-state index contributed by atoms with van der Waals surface area (Å²) in [4.78, 5) is 15.5. The number of fused-ring (bicyclic) bond motifs is 4. The molecule has 7 rings (SSSR count). The quantitative estimate of drug-likeness (QED) is 0.254. The second-order valence-electron chi connectivity index (χ2n) is 11.5. The second-order valence-corrected chi connectivity index (χ2v) is 11.5. The molecule has 6 aromatic rings. The number of carbonyl (C=O) groups excluding carboxylic acids is 1. The number of hydrogen-bond acceptors (Lipinski definition) is 2. The molecule has 40 heavy (non-hydrogen) atoms. The van der Waals surface area contributed by atoms with E-state index in [0.717, 1.165) is 38.6 Å². The first kappa shape index (κ1) is 24.4. The summed E-state index contributed by atoms with van der Waals surface area (Å²) in [6.07, 6.45) is -1.13. The minimum atomic E-state index is -1.13. The summed E-state index contributed by atoms with van der Waals surface area (Å²) < 4.78 is 2.21. The largest absolute Gasteiger partial charge is 0.369 e. The molecular formula is C36H30N2O2. The van der Waals surface area contributed by atoms with Crippen LogP contribution in [0.25, 0.3) is 38.6 Å². The number of amides is 1. The third-order valence-corrected chi connectivity index (χ3v) is 8.06. The van der Waals surface area contributed by atoms with Gasteiger partial charge < -0.3 is 9.67 Å². The Hall–Kier alpha value is -4.67. The van der Waals surface area contributed by atoms with E-state index in [1.807, 2.05) is 78.9 Å². The first-order valence-corrected chi connectivity index (χ1v) is 13.7. The highest BCUT2D eigenvalue weighted by Gasteiger charge is 2.40. The van der Waals surface area contributed by atoms with Crippen LogP contribution in [0.1, 0.15) is 48.5 Å². The van der Waals surface area contributed by atoms with Gasteiger partial charge in [-0.3, -0.25) is 9.69 Å². The van der Waals surface area contributed by atoms with Gasteiger partial charge in [0.25, 0.3) is 5.91 Å². The molecular weight excluding hydrogens is 492 g/mol. The van der Waals surface area contributed by atoms with Crippen LogP contribution in [0.15, 0.2) is 115 Å². The van der Waals surface area contributed by atoms with Crippen molar-refractivity contribution in [1.29, 1.82) is 0 Å². The van der Waals surface area contributed by atoms with Crippen molar-refractivity contribution in [2.24, 2.45) is 0 Å². The lowest BCUT2D eigenvalue weighted by atomic mass is 9.86. The van der Waals surface area contributed by atoms with Crippen molar-refractivity contribution >= 4 is 33.4 Å². The van der Waals surface area contributed by atoms with E-state index in [1.54, 1.807) is 0 Å².